The smallest absolute Gasteiger partial charge is 0.137 e. The Hall–Kier alpha value is -0.120. The third-order valence-corrected chi connectivity index (χ3v) is 3.08. The van der Waals surface area contributed by atoms with Gasteiger partial charge in [0.2, 0.25) is 0 Å². The number of hydroxylamine groups is 2. The van der Waals surface area contributed by atoms with Crippen molar-refractivity contribution in [1.82, 2.24) is 5.06 Å². The summed E-state index contributed by atoms with van der Waals surface area (Å²) in [7, 11) is 0. The van der Waals surface area contributed by atoms with Gasteiger partial charge in [-0.2, -0.15) is 0 Å². The monoisotopic (exact) mass is 200 g/mol. The minimum Gasteiger partial charge on any atom is -0.355 e. The summed E-state index contributed by atoms with van der Waals surface area (Å²) in [5, 5.41) is 13.0. The highest BCUT2D eigenvalue weighted by atomic mass is 16.6. The third kappa shape index (κ3) is 2.27. The quantitative estimate of drug-likeness (QED) is 0.651. The van der Waals surface area contributed by atoms with Crippen molar-refractivity contribution in [3.63, 3.8) is 0 Å². The van der Waals surface area contributed by atoms with Crippen molar-refractivity contribution in [3.05, 3.63) is 0 Å². The molecule has 2 unspecified atom stereocenters. The van der Waals surface area contributed by atoms with E-state index in [-0.39, 0.29) is 17.4 Å². The number of hydrogen-bond acceptors (Lipinski definition) is 2. The summed E-state index contributed by atoms with van der Waals surface area (Å²) < 4.78 is 5.73. The van der Waals surface area contributed by atoms with Crippen molar-refractivity contribution >= 4 is 0 Å². The Morgan fingerprint density at radius 2 is 1.86 bits per heavy atom. The van der Waals surface area contributed by atoms with Crippen LogP contribution in [0.5, 0.6) is 0 Å². The Morgan fingerprint density at radius 3 is 2.14 bits per heavy atom. The Labute approximate surface area is 87.0 Å². The highest BCUT2D eigenvalue weighted by Gasteiger charge is 2.47. The first kappa shape index (κ1) is 12.0. The van der Waals surface area contributed by atoms with E-state index >= 15 is 0 Å². The first-order chi connectivity index (χ1) is 6.14. The van der Waals surface area contributed by atoms with Crippen molar-refractivity contribution in [2.24, 2.45) is 5.92 Å². The Morgan fingerprint density at radius 1 is 1.36 bits per heavy atom. The molecule has 1 heterocycles. The Bertz CT molecular complexity index is 208. The molecular weight excluding hydrogens is 178 g/mol. The van der Waals surface area contributed by atoms with Gasteiger partial charge in [0.05, 0.1) is 5.60 Å². The van der Waals surface area contributed by atoms with Gasteiger partial charge in [-0.05, 0) is 47.0 Å². The zero-order valence-electron chi connectivity index (χ0n) is 10.1. The number of ether oxygens (including phenoxy) is 1. The lowest BCUT2D eigenvalue weighted by Gasteiger charge is -2.32. The molecule has 0 aliphatic carbocycles. The zero-order valence-corrected chi connectivity index (χ0v) is 10.1. The maximum Gasteiger partial charge on any atom is 0.137 e. The van der Waals surface area contributed by atoms with Gasteiger partial charge in [0.15, 0.2) is 0 Å². The van der Waals surface area contributed by atoms with E-state index in [4.69, 9.17) is 4.74 Å². The second-order valence-electron chi connectivity index (χ2n) is 5.80. The molecule has 0 aromatic carbocycles. The van der Waals surface area contributed by atoms with Gasteiger partial charge in [0, 0.05) is 5.54 Å². The van der Waals surface area contributed by atoms with Gasteiger partial charge in [-0.25, -0.2) is 0 Å². The summed E-state index contributed by atoms with van der Waals surface area (Å²) in [5.41, 5.74) is -0.538. The second-order valence-corrected chi connectivity index (χ2v) is 5.80. The van der Waals surface area contributed by atoms with Crippen LogP contribution < -0.4 is 0 Å². The molecule has 1 fully saturated rings. The average Bonchev–Trinajstić information content (AvgIpc) is 2.12. The van der Waals surface area contributed by atoms with Gasteiger partial charge in [-0.1, -0.05) is 6.92 Å². The van der Waals surface area contributed by atoms with Gasteiger partial charge in [0.25, 0.3) is 0 Å². The van der Waals surface area contributed by atoms with Crippen LogP contribution in [0.4, 0.5) is 0 Å². The van der Waals surface area contributed by atoms with Crippen LogP contribution in [0.25, 0.3) is 0 Å². The first-order valence-electron chi connectivity index (χ1n) is 5.29. The topological polar surface area (TPSA) is 32.4 Å². The maximum atomic E-state index is 11.9. The van der Waals surface area contributed by atoms with Crippen molar-refractivity contribution in [3.8, 4) is 0 Å². The predicted molar refractivity (Wildman–Crippen MR) is 55.0 cm³/mol. The molecule has 1 aliphatic rings. The molecule has 83 valence electrons. The molecule has 14 heavy (non-hydrogen) atoms. The highest BCUT2D eigenvalue weighted by molar-refractivity contribution is 4.92. The van der Waals surface area contributed by atoms with E-state index in [1.165, 1.54) is 0 Å². The maximum absolute atomic E-state index is 11.9. The van der Waals surface area contributed by atoms with Crippen molar-refractivity contribution in [1.29, 1.82) is 0 Å². The van der Waals surface area contributed by atoms with Crippen LogP contribution in [0, 0.1) is 5.92 Å². The number of hydrogen-bond donors (Lipinski definition) is 0. The fraction of sp³-hybridized carbons (Fsp3) is 1.00. The molecule has 0 spiro atoms. The summed E-state index contributed by atoms with van der Waals surface area (Å²) in [6.45, 7) is 12.0. The van der Waals surface area contributed by atoms with Crippen LogP contribution in [0.15, 0.2) is 0 Å². The van der Waals surface area contributed by atoms with Gasteiger partial charge >= 0.3 is 0 Å². The van der Waals surface area contributed by atoms with Gasteiger partial charge in [0.1, 0.15) is 6.23 Å². The van der Waals surface area contributed by atoms with Gasteiger partial charge in [-0.3, -0.25) is 0 Å². The average molecular weight is 200 g/mol. The number of rotatable bonds is 1. The van der Waals surface area contributed by atoms with Crippen LogP contribution in [0.3, 0.4) is 0 Å². The highest BCUT2D eigenvalue weighted by Crippen LogP contribution is 2.38. The third-order valence-electron chi connectivity index (χ3n) is 3.08. The lowest BCUT2D eigenvalue weighted by atomic mass is 9.91. The molecule has 0 amide bonds. The minimum absolute atomic E-state index is 0.243. The zero-order chi connectivity index (χ0) is 11.1. The lowest BCUT2D eigenvalue weighted by molar-refractivity contribution is -0.295. The van der Waals surface area contributed by atoms with E-state index in [2.05, 4.69) is 6.92 Å². The molecule has 0 aromatic rings. The van der Waals surface area contributed by atoms with E-state index in [0.29, 0.717) is 5.92 Å². The molecular formula is C11H22NO2. The molecule has 1 saturated heterocycles. The summed E-state index contributed by atoms with van der Waals surface area (Å²) >= 11 is 0. The van der Waals surface area contributed by atoms with Crippen LogP contribution in [0.2, 0.25) is 0 Å². The predicted octanol–water partition coefficient (Wildman–Crippen LogP) is 2.59. The van der Waals surface area contributed by atoms with E-state index in [1.54, 1.807) is 0 Å². The summed E-state index contributed by atoms with van der Waals surface area (Å²) in [5.74, 6) is 0.382. The molecule has 0 aromatic heterocycles. The van der Waals surface area contributed by atoms with Crippen LogP contribution >= 0.6 is 0 Å². The molecule has 0 bridgehead atoms. The standard InChI is InChI=1S/C11H22NO2/c1-8-7-9(14-10(2,3)4)12(13)11(8,5)6/h8-9H,7H2,1-6H3. The van der Waals surface area contributed by atoms with Gasteiger partial charge < -0.3 is 4.74 Å². The molecule has 0 saturated carbocycles. The minimum atomic E-state index is -0.296. The SMILES string of the molecule is CC1CC(OC(C)(C)C)N([O])C1(C)C. The summed E-state index contributed by atoms with van der Waals surface area (Å²) in [6, 6.07) is 0. The molecule has 0 N–H and O–H groups in total. The molecule has 1 aliphatic heterocycles. The van der Waals surface area contributed by atoms with Crippen LogP contribution in [-0.2, 0) is 9.94 Å². The van der Waals surface area contributed by atoms with Crippen molar-refractivity contribution in [2.45, 2.75) is 65.3 Å². The molecule has 1 radical (unpaired) electrons. The molecule has 1 rings (SSSR count). The summed E-state index contributed by atoms with van der Waals surface area (Å²) in [6.07, 6.45) is 0.549. The molecule has 2 atom stereocenters. The van der Waals surface area contributed by atoms with E-state index < -0.39 is 0 Å². The Kier molecular flexibility index (Phi) is 2.96. The Balaban J connectivity index is 2.68. The van der Waals surface area contributed by atoms with Crippen molar-refractivity contribution < 1.29 is 9.94 Å². The molecule has 3 nitrogen and oxygen atoms in total. The van der Waals surface area contributed by atoms with Crippen molar-refractivity contribution in [2.75, 3.05) is 0 Å². The second kappa shape index (κ2) is 3.47. The van der Waals surface area contributed by atoms with Crippen LogP contribution in [-0.4, -0.2) is 22.4 Å². The van der Waals surface area contributed by atoms with E-state index in [9.17, 15) is 5.21 Å². The van der Waals surface area contributed by atoms with Crippen LogP contribution in [0.1, 0.15) is 48.0 Å². The fourth-order valence-corrected chi connectivity index (χ4v) is 1.78. The van der Waals surface area contributed by atoms with E-state index in [0.717, 1.165) is 11.5 Å². The normalized spacial score (nSPS) is 33.6. The molecule has 3 heteroatoms. The fourth-order valence-electron chi connectivity index (χ4n) is 1.78. The van der Waals surface area contributed by atoms with E-state index in [1.807, 2.05) is 34.6 Å². The number of nitrogens with zero attached hydrogens (tertiary/aromatic N) is 1. The first-order valence-corrected chi connectivity index (χ1v) is 5.29. The largest absolute Gasteiger partial charge is 0.355 e. The summed E-state index contributed by atoms with van der Waals surface area (Å²) in [4.78, 5) is 0. The van der Waals surface area contributed by atoms with Gasteiger partial charge in [-0.15, -0.1) is 10.3 Å². The lowest BCUT2D eigenvalue weighted by Crippen LogP contribution is -2.44.